The highest BCUT2D eigenvalue weighted by Crippen LogP contribution is 2.32. The molecule has 0 radical (unpaired) electrons. The maximum absolute atomic E-state index is 13.7. The maximum Gasteiger partial charge on any atom is 0.249 e. The van der Waals surface area contributed by atoms with Crippen LogP contribution in [0.3, 0.4) is 0 Å². The van der Waals surface area contributed by atoms with Crippen LogP contribution in [0.5, 0.6) is 0 Å². The molecule has 0 aliphatic heterocycles. The van der Waals surface area contributed by atoms with Gasteiger partial charge in [0.15, 0.2) is 0 Å². The number of anilines is 2. The molecule has 20 heteroatoms. The van der Waals surface area contributed by atoms with Gasteiger partial charge in [0.2, 0.25) is 11.8 Å². The van der Waals surface area contributed by atoms with Gasteiger partial charge in [-0.1, -0.05) is 79.2 Å². The molecule has 0 fully saturated rings. The molecule has 10 aromatic rings. The summed E-state index contributed by atoms with van der Waals surface area (Å²) in [6.45, 7) is 8.94. The van der Waals surface area contributed by atoms with Crippen molar-refractivity contribution in [3.8, 4) is 44.8 Å². The second-order valence-electron chi connectivity index (χ2n) is 19.0. The molecule has 0 saturated carbocycles. The molecule has 0 aliphatic carbocycles. The monoisotopic (exact) mass is 1060 g/mol. The van der Waals surface area contributed by atoms with E-state index < -0.39 is 26.8 Å². The summed E-state index contributed by atoms with van der Waals surface area (Å²) >= 11 is 12.0. The Bertz CT molecular complexity index is 3670. The van der Waals surface area contributed by atoms with Crippen molar-refractivity contribution < 1.29 is 13.8 Å². The Kier molecular flexibility index (Phi) is 15.3. The molecular weight excluding hydrogens is 1010 g/mol. The molecule has 5 N–H and O–H groups in total. The van der Waals surface area contributed by atoms with Crippen LogP contribution in [0, 0.1) is 0 Å². The number of nitrogens with two attached hydrogens (primary N) is 1. The molecule has 384 valence electrons. The van der Waals surface area contributed by atoms with Crippen LogP contribution in [0.15, 0.2) is 159 Å². The van der Waals surface area contributed by atoms with Gasteiger partial charge in [0, 0.05) is 93.7 Å². The lowest BCUT2D eigenvalue weighted by molar-refractivity contribution is -0.121. The summed E-state index contributed by atoms with van der Waals surface area (Å²) in [7, 11) is 2.25. The molecule has 6 aromatic heterocycles. The van der Waals surface area contributed by atoms with E-state index in [9.17, 15) is 13.8 Å². The predicted octanol–water partition coefficient (Wildman–Crippen LogP) is 10.3. The summed E-state index contributed by atoms with van der Waals surface area (Å²) in [6.07, 6.45) is 14.5. The first-order valence-corrected chi connectivity index (χ1v) is 25.1. The van der Waals surface area contributed by atoms with E-state index in [-0.39, 0.29) is 19.2 Å². The largest absolute Gasteiger partial charge is 0.324 e. The van der Waals surface area contributed by atoms with E-state index >= 15 is 0 Å². The van der Waals surface area contributed by atoms with Crippen LogP contribution in [-0.4, -0.2) is 69.5 Å². The second kappa shape index (κ2) is 21.5. The number of benzene rings is 4. The maximum atomic E-state index is 13.7. The topological polar surface area (TPSA) is 209 Å². The molecule has 0 bridgehead atoms. The van der Waals surface area contributed by atoms with Crippen LogP contribution >= 0.6 is 23.2 Å². The smallest absolute Gasteiger partial charge is 0.249 e. The molecule has 0 aliphatic rings. The SMILES string of the molecule is C.Cn1cc(-c2cc3c(-c4ccc(NC(=O)C(C)(N)c5ccc(Cl)cc5)cc4)ncnn3c2)cn1.Cn1cc(-c2cc3c(-c4ccc(NC(=O)C(C)(NS(=O)C(C)(C)C)c5ccc(Cl)cc5)cc4)ncnn3c2)cn1. The first-order valence-electron chi connectivity index (χ1n) is 23.2. The summed E-state index contributed by atoms with van der Waals surface area (Å²) in [5.41, 5.74) is 15.4. The Morgan fingerprint density at radius 1 is 0.547 bits per heavy atom. The second-order valence-corrected chi connectivity index (χ2v) is 21.9. The third-order valence-corrected chi connectivity index (χ3v) is 14.6. The molecule has 4 aromatic carbocycles. The third-order valence-electron chi connectivity index (χ3n) is 12.4. The molecule has 6 heterocycles. The normalized spacial score (nSPS) is 13.5. The van der Waals surface area contributed by atoms with Crippen LogP contribution in [-0.2, 0) is 45.7 Å². The zero-order chi connectivity index (χ0) is 52.5. The van der Waals surface area contributed by atoms with Gasteiger partial charge >= 0.3 is 0 Å². The highest BCUT2D eigenvalue weighted by molar-refractivity contribution is 7.84. The van der Waals surface area contributed by atoms with E-state index in [1.807, 2.05) is 133 Å². The number of halogens is 2. The van der Waals surface area contributed by atoms with E-state index in [0.29, 0.717) is 32.5 Å². The van der Waals surface area contributed by atoms with Crippen molar-refractivity contribution >= 4 is 68.4 Å². The van der Waals surface area contributed by atoms with Crippen molar-refractivity contribution in [2.24, 2.45) is 19.8 Å². The fourth-order valence-corrected chi connectivity index (χ4v) is 9.13. The first-order chi connectivity index (χ1) is 35.2. The van der Waals surface area contributed by atoms with E-state index in [2.05, 4.69) is 45.7 Å². The zero-order valence-corrected chi connectivity index (χ0v) is 43.8. The molecule has 0 saturated heterocycles. The minimum Gasteiger partial charge on any atom is -0.324 e. The van der Waals surface area contributed by atoms with Crippen molar-refractivity contribution in [3.63, 3.8) is 0 Å². The third kappa shape index (κ3) is 11.6. The summed E-state index contributed by atoms with van der Waals surface area (Å²) in [5, 5.41) is 24.2. The van der Waals surface area contributed by atoms with E-state index in [0.717, 1.165) is 55.8 Å². The van der Waals surface area contributed by atoms with Gasteiger partial charge in [-0.15, -0.1) is 0 Å². The van der Waals surface area contributed by atoms with Crippen LogP contribution in [0.4, 0.5) is 11.4 Å². The van der Waals surface area contributed by atoms with Crippen LogP contribution in [0.1, 0.15) is 53.2 Å². The summed E-state index contributed by atoms with van der Waals surface area (Å²) < 4.78 is 22.6. The lowest BCUT2D eigenvalue weighted by Crippen LogP contribution is -2.53. The number of carbonyl (C=O) groups excluding carboxylic acids is 2. The van der Waals surface area contributed by atoms with Crippen LogP contribution in [0.25, 0.3) is 55.8 Å². The Labute approximate surface area is 446 Å². The lowest BCUT2D eigenvalue weighted by atomic mass is 9.92. The highest BCUT2D eigenvalue weighted by atomic mass is 35.5. The average molecular weight is 1060 g/mol. The molecule has 17 nitrogen and oxygen atoms in total. The van der Waals surface area contributed by atoms with Crippen LogP contribution in [0.2, 0.25) is 10.0 Å². The quantitative estimate of drug-likeness (QED) is 0.0910. The lowest BCUT2D eigenvalue weighted by Gasteiger charge is -2.32. The van der Waals surface area contributed by atoms with Crippen LogP contribution < -0.4 is 21.1 Å². The van der Waals surface area contributed by atoms with Gasteiger partial charge in [0.05, 0.1) is 50.5 Å². The van der Waals surface area contributed by atoms with Crippen molar-refractivity contribution in [1.29, 1.82) is 0 Å². The number of hydrogen-bond donors (Lipinski definition) is 4. The summed E-state index contributed by atoms with van der Waals surface area (Å²) in [4.78, 5) is 35.6. The minimum absolute atomic E-state index is 0. The molecular formula is C55H56Cl2N14O3S. The molecule has 10 rings (SSSR count). The minimum atomic E-state index is -1.51. The van der Waals surface area contributed by atoms with Gasteiger partial charge < -0.3 is 16.4 Å². The van der Waals surface area contributed by atoms with Crippen molar-refractivity contribution in [2.75, 3.05) is 10.6 Å². The number of fused-ring (bicyclic) bond motifs is 2. The standard InChI is InChI=1S/C29H30ClN7O2S.C25H22ClN7O.CH4/c1-28(2,3)40(39)35-29(4,22-8-10-23(30)11-9-22)27(38)34-24-12-6-19(7-13-24)26-25-14-20(17-37(25)33-18-31-26)21-15-32-36(5)16-21;1-25(27,19-5-7-20(26)8-6-19)24(34)31-21-9-3-16(4-10-21)23-22-11-17(14-33(22)30-15-28-23)18-12-29-32(2)13-18;/h6-18,35H,1-5H3,(H,34,38);3-15H,27H2,1-2H3,(H,31,34);1H4. The number of nitrogens with one attached hydrogen (secondary N) is 3. The number of rotatable bonds is 12. The fourth-order valence-electron chi connectivity index (χ4n) is 7.99. The van der Waals surface area contributed by atoms with Gasteiger partial charge in [-0.25, -0.2) is 27.9 Å². The zero-order valence-electron chi connectivity index (χ0n) is 41.4. The number of aryl methyl sites for hydroxylation is 2. The van der Waals surface area contributed by atoms with E-state index in [4.69, 9.17) is 28.9 Å². The average Bonchev–Trinajstić information content (AvgIpc) is 4.21. The first kappa shape index (κ1) is 53.4. The summed E-state index contributed by atoms with van der Waals surface area (Å²) in [6, 6.07) is 32.8. The van der Waals surface area contributed by atoms with Gasteiger partial charge in [-0.3, -0.25) is 19.0 Å². The van der Waals surface area contributed by atoms with Crippen molar-refractivity contribution in [2.45, 2.75) is 57.9 Å². The fraction of sp³-hybridized carbons (Fsp3) is 0.200. The Morgan fingerprint density at radius 3 is 1.36 bits per heavy atom. The number of aromatic nitrogens is 10. The molecule has 2 amide bonds. The molecule has 3 unspecified atom stereocenters. The Morgan fingerprint density at radius 2 is 0.960 bits per heavy atom. The van der Waals surface area contributed by atoms with Crippen molar-refractivity contribution in [3.05, 3.63) is 180 Å². The van der Waals surface area contributed by atoms with Gasteiger partial charge in [0.1, 0.15) is 23.7 Å². The van der Waals surface area contributed by atoms with E-state index in [1.54, 1.807) is 80.8 Å². The molecule has 0 spiro atoms. The number of amides is 2. The number of nitrogens with zero attached hydrogens (tertiary/aromatic N) is 10. The number of carbonyl (C=O) groups is 2. The summed E-state index contributed by atoms with van der Waals surface area (Å²) in [5.74, 6) is -0.669. The predicted molar refractivity (Wildman–Crippen MR) is 298 cm³/mol. The number of hydrogen-bond acceptors (Lipinski definition) is 10. The van der Waals surface area contributed by atoms with Gasteiger partial charge in [0.25, 0.3) is 0 Å². The highest BCUT2D eigenvalue weighted by Gasteiger charge is 2.39. The molecule has 3 atom stereocenters. The Balaban J connectivity index is 0.000000199. The van der Waals surface area contributed by atoms with E-state index in [1.165, 1.54) is 12.7 Å². The Hall–Kier alpha value is -7.87. The van der Waals surface area contributed by atoms with Gasteiger partial charge in [-0.05, 0) is 106 Å². The van der Waals surface area contributed by atoms with Crippen molar-refractivity contribution in [1.82, 2.24) is 53.5 Å². The van der Waals surface area contributed by atoms with Gasteiger partial charge in [-0.2, -0.15) is 20.4 Å². The molecule has 75 heavy (non-hydrogen) atoms.